The summed E-state index contributed by atoms with van der Waals surface area (Å²) in [5, 5.41) is 0. The zero-order valence-corrected chi connectivity index (χ0v) is 38.5. The lowest BCUT2D eigenvalue weighted by Crippen LogP contribution is -2.61. The molecular weight excluding hydrogens is 731 g/mol. The average Bonchev–Trinajstić information content (AvgIpc) is 3.63. The Bertz CT molecular complexity index is 2890. The predicted molar refractivity (Wildman–Crippen MR) is 260 cm³/mol. The molecule has 0 saturated heterocycles. The number of hydrogen-bond acceptors (Lipinski definition) is 3. The van der Waals surface area contributed by atoms with Gasteiger partial charge in [0.25, 0.3) is 6.71 Å². The molecule has 59 heavy (non-hydrogen) atoms. The van der Waals surface area contributed by atoms with Gasteiger partial charge in [-0.25, -0.2) is 0 Å². The Labute approximate surface area is 366 Å². The van der Waals surface area contributed by atoms with Gasteiger partial charge in [0.2, 0.25) is 0 Å². The number of nitrogens with zero attached hydrogens (tertiary/aromatic N) is 2. The molecule has 0 fully saturated rings. The first-order chi connectivity index (χ1) is 29.6. The number of hydrogen-bond donors (Lipinski definition) is 0. The maximum Gasteiger partial charge on any atom is 0.264 e. The fraction of sp³-hybridized carbons (Fsp3) is 0.382. The normalized spacial score (nSPS) is 17.9. The van der Waals surface area contributed by atoms with E-state index in [1.165, 1.54) is 43.0 Å². The van der Waals surface area contributed by atoms with E-state index in [2.05, 4.69) is 180 Å². The van der Waals surface area contributed by atoms with Crippen molar-refractivity contribution in [3.63, 3.8) is 0 Å². The molecule has 1 aromatic heterocycles. The summed E-state index contributed by atoms with van der Waals surface area (Å²) >= 11 is 2.01. The molecule has 1 aliphatic carbocycles. The van der Waals surface area contributed by atoms with Crippen molar-refractivity contribution in [3.05, 3.63) is 136 Å². The van der Waals surface area contributed by atoms with Crippen LogP contribution in [-0.4, -0.2) is 6.71 Å². The quantitative estimate of drug-likeness (QED) is 0.164. The Kier molecular flexibility index (Phi) is 7.67. The first kappa shape index (κ1) is 34.2. The third kappa shape index (κ3) is 6.42. The standard InChI is InChI=1S/C55H63BN2S/c1-34-30-44-47-45(31-34)58(42-26-22-37(52(5,6)7)32-40(42)35-18-16-15-17-19-35)43-27-23-38(53(8,9)10)33-41(43)56(47)50-48(46-49(59-50)55(13,14)29-28-54(46,11)12)57(44)39-24-20-36(21-25-39)51(2,3)4/h15-27,30-33H,28-29H2,1-14H3/i15D,16D,17D,18D,19D. The van der Waals surface area contributed by atoms with Crippen molar-refractivity contribution in [2.45, 2.75) is 137 Å². The van der Waals surface area contributed by atoms with Gasteiger partial charge in [0.1, 0.15) is 0 Å². The lowest BCUT2D eigenvalue weighted by atomic mass is 9.35. The Hall–Kier alpha value is -4.54. The van der Waals surface area contributed by atoms with Gasteiger partial charge in [-0.2, -0.15) is 11.3 Å². The molecule has 0 saturated carbocycles. The van der Waals surface area contributed by atoms with Crippen molar-refractivity contribution in [1.29, 1.82) is 0 Å². The smallest absolute Gasteiger partial charge is 0.264 e. The summed E-state index contributed by atoms with van der Waals surface area (Å²) in [5.41, 5.74) is 15.5. The minimum atomic E-state index is -0.391. The second kappa shape index (κ2) is 13.2. The first-order valence-electron chi connectivity index (χ1n) is 24.0. The van der Waals surface area contributed by atoms with Gasteiger partial charge >= 0.3 is 0 Å². The number of anilines is 6. The van der Waals surface area contributed by atoms with Gasteiger partial charge in [-0.05, 0) is 134 Å². The molecule has 0 N–H and O–H groups in total. The van der Waals surface area contributed by atoms with E-state index in [1.54, 1.807) is 0 Å². The van der Waals surface area contributed by atoms with Crippen LogP contribution in [0.1, 0.15) is 142 Å². The van der Waals surface area contributed by atoms with Crippen LogP contribution in [0.4, 0.5) is 34.1 Å². The molecule has 4 heteroatoms. The fourth-order valence-electron chi connectivity index (χ4n) is 9.81. The minimum absolute atomic E-state index is 0.00222. The molecule has 2 nitrogen and oxygen atoms in total. The van der Waals surface area contributed by atoms with Gasteiger partial charge in [-0.1, -0.05) is 151 Å². The molecule has 0 spiro atoms. The van der Waals surface area contributed by atoms with Crippen molar-refractivity contribution in [1.82, 2.24) is 0 Å². The summed E-state index contributed by atoms with van der Waals surface area (Å²) < 4.78 is 46.2. The topological polar surface area (TPSA) is 6.48 Å². The molecule has 302 valence electrons. The van der Waals surface area contributed by atoms with Crippen LogP contribution in [0.5, 0.6) is 0 Å². The number of rotatable bonds is 3. The van der Waals surface area contributed by atoms with Crippen molar-refractivity contribution in [3.8, 4) is 11.1 Å². The monoisotopic (exact) mass is 800 g/mol. The second-order valence-electron chi connectivity index (χ2n) is 21.9. The average molecular weight is 800 g/mol. The molecule has 3 aliphatic rings. The molecule has 0 atom stereocenters. The maximum atomic E-state index is 9.32. The Balaban J connectivity index is 1.44. The Morgan fingerprint density at radius 2 is 1.15 bits per heavy atom. The molecule has 5 aromatic carbocycles. The summed E-state index contributed by atoms with van der Waals surface area (Å²) in [6.45, 7) is 32.0. The number of thiophene rings is 1. The molecule has 9 rings (SSSR count). The van der Waals surface area contributed by atoms with E-state index in [1.807, 2.05) is 11.3 Å². The van der Waals surface area contributed by atoms with Crippen molar-refractivity contribution >= 4 is 67.9 Å². The van der Waals surface area contributed by atoms with Crippen LogP contribution in [0, 0.1) is 6.92 Å². The summed E-state index contributed by atoms with van der Waals surface area (Å²) in [7, 11) is 0. The summed E-state index contributed by atoms with van der Waals surface area (Å²) in [5.74, 6) is 0. The second-order valence-corrected chi connectivity index (χ2v) is 23.0. The van der Waals surface area contributed by atoms with Crippen LogP contribution in [0.15, 0.2) is 103 Å². The van der Waals surface area contributed by atoms with Gasteiger partial charge < -0.3 is 9.80 Å². The highest BCUT2D eigenvalue weighted by atomic mass is 32.1. The molecule has 3 heterocycles. The van der Waals surface area contributed by atoms with E-state index in [4.69, 9.17) is 4.11 Å². The highest BCUT2D eigenvalue weighted by molar-refractivity contribution is 7.29. The molecule has 6 aromatic rings. The van der Waals surface area contributed by atoms with Crippen LogP contribution in [0.25, 0.3) is 11.1 Å². The minimum Gasteiger partial charge on any atom is -0.311 e. The van der Waals surface area contributed by atoms with E-state index in [0.29, 0.717) is 5.56 Å². The van der Waals surface area contributed by atoms with Crippen molar-refractivity contribution < 1.29 is 6.85 Å². The van der Waals surface area contributed by atoms with Crippen molar-refractivity contribution in [2.75, 3.05) is 9.80 Å². The molecule has 0 bridgehead atoms. The number of fused-ring (bicyclic) bond motifs is 6. The largest absolute Gasteiger partial charge is 0.311 e. The molecule has 0 unspecified atom stereocenters. The number of benzene rings is 5. The van der Waals surface area contributed by atoms with Gasteiger partial charge in [-0.15, -0.1) is 0 Å². The highest BCUT2D eigenvalue weighted by Crippen LogP contribution is 2.56. The van der Waals surface area contributed by atoms with E-state index < -0.39 is 6.04 Å². The van der Waals surface area contributed by atoms with Crippen LogP contribution in [-0.2, 0) is 27.1 Å². The third-order valence-electron chi connectivity index (χ3n) is 13.4. The van der Waals surface area contributed by atoms with E-state index >= 15 is 0 Å². The first-order valence-corrected chi connectivity index (χ1v) is 22.3. The molecular formula is C55H63BN2S. The SMILES string of the molecule is [2H]c1c([2H])c([2H])c(-c2cc(C(C)(C)C)ccc2N2c3ccc(C(C)(C)C)cc3B3c4sc5c(c4N(c4ccc(C(C)(C)C)cc4)c4cc(C)cc2c43)C(C)(C)CCC5(C)C)c([2H])c1[2H]. The van der Waals surface area contributed by atoms with Gasteiger partial charge in [0.05, 0.1) is 18.2 Å². The zero-order chi connectivity index (χ0) is 46.5. The van der Waals surface area contributed by atoms with Gasteiger partial charge in [-0.3, -0.25) is 0 Å². The summed E-state index contributed by atoms with van der Waals surface area (Å²) in [6, 6.07) is 25.8. The van der Waals surface area contributed by atoms with E-state index in [0.717, 1.165) is 52.4 Å². The van der Waals surface area contributed by atoms with Crippen LogP contribution < -0.4 is 25.5 Å². The molecule has 0 amide bonds. The van der Waals surface area contributed by atoms with Crippen LogP contribution >= 0.6 is 11.3 Å². The summed E-state index contributed by atoms with van der Waals surface area (Å²) in [6.07, 6.45) is 2.23. The maximum absolute atomic E-state index is 9.32. The summed E-state index contributed by atoms with van der Waals surface area (Å²) in [4.78, 5) is 6.41. The molecule has 2 aliphatic heterocycles. The number of aryl methyl sites for hydroxylation is 1. The van der Waals surface area contributed by atoms with Crippen LogP contribution in [0.3, 0.4) is 0 Å². The zero-order valence-electron chi connectivity index (χ0n) is 42.7. The fourth-order valence-corrected chi connectivity index (χ4v) is 11.5. The Morgan fingerprint density at radius 3 is 1.76 bits per heavy atom. The lowest BCUT2D eigenvalue weighted by molar-refractivity contribution is 0.339. The lowest BCUT2D eigenvalue weighted by Gasteiger charge is -2.46. The predicted octanol–water partition coefficient (Wildman–Crippen LogP) is 14.0. The van der Waals surface area contributed by atoms with Crippen molar-refractivity contribution in [2.24, 2.45) is 0 Å². The molecule has 0 radical (unpaired) electrons. The van der Waals surface area contributed by atoms with E-state index in [-0.39, 0.29) is 63.5 Å². The third-order valence-corrected chi connectivity index (χ3v) is 15.0. The Morgan fingerprint density at radius 1 is 0.610 bits per heavy atom. The van der Waals surface area contributed by atoms with Gasteiger partial charge in [0, 0.05) is 38.0 Å². The highest BCUT2D eigenvalue weighted by Gasteiger charge is 2.51. The van der Waals surface area contributed by atoms with E-state index in [9.17, 15) is 2.74 Å². The van der Waals surface area contributed by atoms with Gasteiger partial charge in [0.15, 0.2) is 0 Å². The van der Waals surface area contributed by atoms with Crippen LogP contribution in [0.2, 0.25) is 0 Å².